The van der Waals surface area contributed by atoms with Crippen LogP contribution in [0.3, 0.4) is 0 Å². The summed E-state index contributed by atoms with van der Waals surface area (Å²) in [5, 5.41) is 7.96. The Kier molecular flexibility index (Phi) is 3.57. The van der Waals surface area contributed by atoms with Crippen LogP contribution in [-0.2, 0) is 9.59 Å². The minimum Gasteiger partial charge on any atom is -0.316 e. The van der Waals surface area contributed by atoms with Gasteiger partial charge in [-0.15, -0.1) is 11.3 Å². The molecule has 0 aliphatic heterocycles. The first-order chi connectivity index (χ1) is 10.2. The zero-order chi connectivity index (χ0) is 14.7. The number of rotatable bonds is 2. The molecule has 0 fully saturated rings. The fraction of sp³-hybridized carbons (Fsp3) is 0. The molecule has 6 nitrogen and oxygen atoms in total. The summed E-state index contributed by atoms with van der Waals surface area (Å²) in [6.07, 6.45) is 3.18. The molecule has 0 spiro atoms. The SMILES string of the molecule is O=C(Nc1nccs1)C(=O)Nc1cccc2cccnc12. The second-order valence-corrected chi connectivity index (χ2v) is 5.02. The van der Waals surface area contributed by atoms with Gasteiger partial charge >= 0.3 is 11.8 Å². The van der Waals surface area contributed by atoms with Crippen LogP contribution in [0.15, 0.2) is 48.1 Å². The molecule has 0 radical (unpaired) electrons. The van der Waals surface area contributed by atoms with Gasteiger partial charge in [0.25, 0.3) is 0 Å². The molecule has 0 aliphatic carbocycles. The van der Waals surface area contributed by atoms with Gasteiger partial charge in [0, 0.05) is 23.2 Å². The molecule has 0 saturated heterocycles. The standard InChI is InChI=1S/C14H10N4O2S/c19-12(13(20)18-14-16-7-8-21-14)17-10-5-1-3-9-4-2-6-15-11(9)10/h1-8H,(H,17,19)(H,16,18,20). The first-order valence-electron chi connectivity index (χ1n) is 6.09. The topological polar surface area (TPSA) is 84.0 Å². The number of aromatic nitrogens is 2. The number of pyridine rings is 1. The number of hydrogen-bond acceptors (Lipinski definition) is 5. The number of anilines is 2. The highest BCUT2D eigenvalue weighted by Crippen LogP contribution is 2.20. The van der Waals surface area contributed by atoms with Crippen LogP contribution in [0.2, 0.25) is 0 Å². The third-order valence-corrected chi connectivity index (χ3v) is 3.43. The van der Waals surface area contributed by atoms with E-state index in [0.717, 1.165) is 5.39 Å². The largest absolute Gasteiger partial charge is 0.316 e. The number of amides is 2. The van der Waals surface area contributed by atoms with Crippen molar-refractivity contribution in [2.75, 3.05) is 10.6 Å². The van der Waals surface area contributed by atoms with E-state index in [1.807, 2.05) is 18.2 Å². The quantitative estimate of drug-likeness (QED) is 0.711. The second-order valence-electron chi connectivity index (χ2n) is 4.13. The predicted molar refractivity (Wildman–Crippen MR) is 81.1 cm³/mol. The summed E-state index contributed by atoms with van der Waals surface area (Å²) in [6, 6.07) is 9.06. The first-order valence-corrected chi connectivity index (χ1v) is 6.97. The lowest BCUT2D eigenvalue weighted by molar-refractivity contribution is -0.132. The maximum absolute atomic E-state index is 11.9. The zero-order valence-electron chi connectivity index (χ0n) is 10.7. The molecule has 0 saturated carbocycles. The molecule has 0 atom stereocenters. The van der Waals surface area contributed by atoms with E-state index in [0.29, 0.717) is 16.3 Å². The van der Waals surface area contributed by atoms with Crippen molar-refractivity contribution in [1.29, 1.82) is 0 Å². The molecule has 1 aromatic carbocycles. The van der Waals surface area contributed by atoms with Gasteiger partial charge in [0.2, 0.25) is 0 Å². The van der Waals surface area contributed by atoms with Crippen LogP contribution < -0.4 is 10.6 Å². The number of fused-ring (bicyclic) bond motifs is 1. The van der Waals surface area contributed by atoms with Crippen molar-refractivity contribution in [3.8, 4) is 0 Å². The van der Waals surface area contributed by atoms with Crippen molar-refractivity contribution >= 4 is 44.9 Å². The lowest BCUT2D eigenvalue weighted by atomic mass is 10.2. The van der Waals surface area contributed by atoms with Gasteiger partial charge in [-0.1, -0.05) is 18.2 Å². The van der Waals surface area contributed by atoms with Crippen LogP contribution in [0.5, 0.6) is 0 Å². The first kappa shape index (κ1) is 13.2. The van der Waals surface area contributed by atoms with E-state index < -0.39 is 11.8 Å². The minimum atomic E-state index is -0.766. The van der Waals surface area contributed by atoms with E-state index in [1.165, 1.54) is 11.3 Å². The van der Waals surface area contributed by atoms with Crippen molar-refractivity contribution in [3.63, 3.8) is 0 Å². The zero-order valence-corrected chi connectivity index (χ0v) is 11.6. The molecule has 0 bridgehead atoms. The smallest absolute Gasteiger partial charge is 0.315 e. The van der Waals surface area contributed by atoms with Crippen molar-refractivity contribution in [2.24, 2.45) is 0 Å². The summed E-state index contributed by atoms with van der Waals surface area (Å²) in [5.41, 5.74) is 1.13. The molecule has 2 N–H and O–H groups in total. The Morgan fingerprint density at radius 3 is 2.57 bits per heavy atom. The molecule has 104 valence electrons. The highest BCUT2D eigenvalue weighted by molar-refractivity contribution is 7.13. The van der Waals surface area contributed by atoms with Gasteiger partial charge in [-0.25, -0.2) is 4.98 Å². The maximum Gasteiger partial charge on any atom is 0.315 e. The molecular weight excluding hydrogens is 288 g/mol. The van der Waals surface area contributed by atoms with Crippen molar-refractivity contribution in [3.05, 3.63) is 48.1 Å². The van der Waals surface area contributed by atoms with Gasteiger partial charge in [-0.2, -0.15) is 0 Å². The van der Waals surface area contributed by atoms with Gasteiger partial charge in [0.1, 0.15) is 0 Å². The van der Waals surface area contributed by atoms with Crippen molar-refractivity contribution < 1.29 is 9.59 Å². The predicted octanol–water partition coefficient (Wildman–Crippen LogP) is 2.27. The molecular formula is C14H10N4O2S. The van der Waals surface area contributed by atoms with Gasteiger partial charge < -0.3 is 5.32 Å². The van der Waals surface area contributed by atoms with Crippen LogP contribution in [-0.4, -0.2) is 21.8 Å². The number of nitrogens with zero attached hydrogens (tertiary/aromatic N) is 2. The molecule has 2 aromatic heterocycles. The number of benzene rings is 1. The average molecular weight is 298 g/mol. The summed E-state index contributed by atoms with van der Waals surface area (Å²) < 4.78 is 0. The van der Waals surface area contributed by atoms with Crippen LogP contribution in [0.1, 0.15) is 0 Å². The van der Waals surface area contributed by atoms with Gasteiger partial charge in [0.15, 0.2) is 5.13 Å². The second kappa shape index (κ2) is 5.68. The monoisotopic (exact) mass is 298 g/mol. The molecule has 0 unspecified atom stereocenters. The maximum atomic E-state index is 11.9. The van der Waals surface area contributed by atoms with E-state index in [-0.39, 0.29) is 0 Å². The lowest BCUT2D eigenvalue weighted by Crippen LogP contribution is -2.29. The lowest BCUT2D eigenvalue weighted by Gasteiger charge is -2.07. The third kappa shape index (κ3) is 2.87. The Labute approximate surface area is 123 Å². The molecule has 21 heavy (non-hydrogen) atoms. The highest BCUT2D eigenvalue weighted by Gasteiger charge is 2.16. The van der Waals surface area contributed by atoms with E-state index in [1.54, 1.807) is 29.9 Å². The number of para-hydroxylation sites is 1. The van der Waals surface area contributed by atoms with Crippen LogP contribution >= 0.6 is 11.3 Å². The van der Waals surface area contributed by atoms with Gasteiger partial charge in [-0.05, 0) is 12.1 Å². The van der Waals surface area contributed by atoms with Crippen LogP contribution in [0.25, 0.3) is 10.9 Å². The molecule has 7 heteroatoms. The Morgan fingerprint density at radius 2 is 1.76 bits per heavy atom. The third-order valence-electron chi connectivity index (χ3n) is 2.74. The molecule has 0 aliphatic rings. The molecule has 3 rings (SSSR count). The van der Waals surface area contributed by atoms with E-state index in [4.69, 9.17) is 0 Å². The number of thiazole rings is 1. The fourth-order valence-corrected chi connectivity index (χ4v) is 2.35. The summed E-state index contributed by atoms with van der Waals surface area (Å²) >= 11 is 1.24. The molecule has 2 heterocycles. The summed E-state index contributed by atoms with van der Waals surface area (Å²) in [4.78, 5) is 31.8. The average Bonchev–Trinajstić information content (AvgIpc) is 3.00. The minimum absolute atomic E-state index is 0.381. The number of hydrogen-bond donors (Lipinski definition) is 2. The summed E-state index contributed by atoms with van der Waals surface area (Å²) in [6.45, 7) is 0. The van der Waals surface area contributed by atoms with E-state index in [9.17, 15) is 9.59 Å². The number of carbonyl (C=O) groups excluding carboxylic acids is 2. The fourth-order valence-electron chi connectivity index (χ4n) is 1.82. The van der Waals surface area contributed by atoms with E-state index >= 15 is 0 Å². The molecule has 3 aromatic rings. The Balaban J connectivity index is 1.78. The van der Waals surface area contributed by atoms with E-state index in [2.05, 4.69) is 20.6 Å². The normalized spacial score (nSPS) is 10.3. The van der Waals surface area contributed by atoms with Crippen molar-refractivity contribution in [2.45, 2.75) is 0 Å². The Bertz CT molecular complexity index is 796. The van der Waals surface area contributed by atoms with Crippen molar-refractivity contribution in [1.82, 2.24) is 9.97 Å². The van der Waals surface area contributed by atoms with Crippen LogP contribution in [0, 0.1) is 0 Å². The summed E-state index contributed by atoms with van der Waals surface area (Å²) in [7, 11) is 0. The Morgan fingerprint density at radius 1 is 0.952 bits per heavy atom. The van der Waals surface area contributed by atoms with Crippen LogP contribution in [0.4, 0.5) is 10.8 Å². The number of carbonyl (C=O) groups is 2. The summed E-state index contributed by atoms with van der Waals surface area (Å²) in [5.74, 6) is -1.53. The number of nitrogens with one attached hydrogen (secondary N) is 2. The molecule has 2 amide bonds. The van der Waals surface area contributed by atoms with Gasteiger partial charge in [-0.3, -0.25) is 19.9 Å². The van der Waals surface area contributed by atoms with Gasteiger partial charge in [0.05, 0.1) is 11.2 Å². The Hall–Kier alpha value is -2.80. The highest BCUT2D eigenvalue weighted by atomic mass is 32.1.